The fourth-order valence-electron chi connectivity index (χ4n) is 8.93. The van der Waals surface area contributed by atoms with E-state index in [9.17, 15) is 0 Å². The van der Waals surface area contributed by atoms with Crippen molar-refractivity contribution < 1.29 is 0 Å². The first-order valence-electron chi connectivity index (χ1n) is 19.1. The van der Waals surface area contributed by atoms with Gasteiger partial charge >= 0.3 is 0 Å². The van der Waals surface area contributed by atoms with Gasteiger partial charge in [-0.25, -0.2) is 4.57 Å². The Morgan fingerprint density at radius 2 is 0.642 bits per heavy atom. The van der Waals surface area contributed by atoms with Gasteiger partial charge in [-0.15, -0.1) is 0 Å². The molecule has 9 aromatic rings. The van der Waals surface area contributed by atoms with Crippen molar-refractivity contribution in [2.45, 2.75) is 105 Å². The molecule has 9 rings (SSSR count). The third kappa shape index (κ3) is 4.65. The molecule has 53 heavy (non-hydrogen) atoms. The van der Waals surface area contributed by atoms with E-state index in [1.54, 1.807) is 0 Å². The molecule has 0 spiro atoms. The lowest BCUT2D eigenvalue weighted by Gasteiger charge is -2.23. The summed E-state index contributed by atoms with van der Waals surface area (Å²) in [7, 11) is 0. The van der Waals surface area contributed by atoms with Crippen molar-refractivity contribution in [2.75, 3.05) is 0 Å². The molecule has 3 heteroatoms. The van der Waals surface area contributed by atoms with Crippen LogP contribution in [0.1, 0.15) is 105 Å². The van der Waals surface area contributed by atoms with Gasteiger partial charge in [0.05, 0.1) is 16.5 Å². The molecule has 0 atom stereocenters. The summed E-state index contributed by atoms with van der Waals surface area (Å²) in [5, 5.41) is 14.2. The van der Waals surface area contributed by atoms with Gasteiger partial charge in [-0.05, 0) is 134 Å². The number of nitrogens with zero attached hydrogens (tertiary/aromatic N) is 1. The third-order valence-electron chi connectivity index (χ3n) is 12.0. The average molecular weight is 696 g/mol. The molecule has 0 radical (unpaired) electrons. The number of para-hydroxylation sites is 1. The van der Waals surface area contributed by atoms with E-state index in [-0.39, 0.29) is 32.8 Å². The Balaban J connectivity index is 1.71. The molecule has 0 amide bonds. The molecule has 1 heterocycles. The van der Waals surface area contributed by atoms with Gasteiger partial charge in [0.2, 0.25) is 0 Å². The molecule has 0 aliphatic heterocycles. The maximum Gasteiger partial charge on any atom is 0.266 e. The molecule has 266 valence electrons. The second kappa shape index (κ2) is 10.3. The highest BCUT2D eigenvalue weighted by Gasteiger charge is 2.32. The zero-order valence-electron chi connectivity index (χ0n) is 33.3. The summed E-state index contributed by atoms with van der Waals surface area (Å²) in [6.45, 7) is 27.2. The van der Waals surface area contributed by atoms with E-state index in [0.717, 1.165) is 43.1 Å². The Kier molecular flexibility index (Phi) is 6.60. The molecule has 0 saturated carbocycles. The van der Waals surface area contributed by atoms with Crippen LogP contribution >= 0.6 is 0 Å². The van der Waals surface area contributed by atoms with Gasteiger partial charge in [-0.1, -0.05) is 126 Å². The number of hydrogen-bond donors (Lipinski definition) is 0. The van der Waals surface area contributed by atoms with Gasteiger partial charge in [-0.3, -0.25) is 9.59 Å². The van der Waals surface area contributed by atoms with Gasteiger partial charge in [0, 0.05) is 10.8 Å². The lowest BCUT2D eigenvalue weighted by atomic mass is 9.82. The summed E-state index contributed by atoms with van der Waals surface area (Å²) in [6.07, 6.45) is 0. The molecule has 0 unspecified atom stereocenters. The van der Waals surface area contributed by atoms with Crippen LogP contribution < -0.4 is 11.1 Å². The Bertz CT molecular complexity index is 2900. The molecule has 0 saturated heterocycles. The molecule has 3 nitrogen and oxygen atoms in total. The van der Waals surface area contributed by atoms with E-state index in [1.165, 1.54) is 48.4 Å². The minimum absolute atomic E-state index is 0.106. The Labute approximate surface area is 311 Å². The molecule has 8 aromatic carbocycles. The molecule has 0 fully saturated rings. The predicted molar refractivity (Wildman–Crippen MR) is 229 cm³/mol. The second-order valence-corrected chi connectivity index (χ2v) is 19.8. The maximum atomic E-state index is 15.2. The lowest BCUT2D eigenvalue weighted by molar-refractivity contribution is 0.589. The van der Waals surface area contributed by atoms with Crippen molar-refractivity contribution >= 4 is 75.4 Å². The number of hydrogen-bond acceptors (Lipinski definition) is 2. The number of rotatable bonds is 1. The van der Waals surface area contributed by atoms with Crippen molar-refractivity contribution in [3.05, 3.63) is 122 Å². The van der Waals surface area contributed by atoms with Gasteiger partial charge < -0.3 is 0 Å². The summed E-state index contributed by atoms with van der Waals surface area (Å²) >= 11 is 0. The number of aromatic nitrogens is 1. The largest absolute Gasteiger partial charge is 0.268 e. The Morgan fingerprint density at radius 1 is 0.358 bits per heavy atom. The van der Waals surface area contributed by atoms with Crippen molar-refractivity contribution in [3.63, 3.8) is 0 Å². The minimum Gasteiger partial charge on any atom is -0.268 e. The van der Waals surface area contributed by atoms with Gasteiger partial charge in [0.1, 0.15) is 0 Å². The quantitative estimate of drug-likeness (QED) is 0.171. The van der Waals surface area contributed by atoms with Crippen molar-refractivity contribution in [1.82, 2.24) is 4.57 Å². The Hall–Kier alpha value is -5.02. The predicted octanol–water partition coefficient (Wildman–Crippen LogP) is 12.8. The fourth-order valence-corrected chi connectivity index (χ4v) is 8.93. The number of fused-ring (bicyclic) bond motifs is 10. The van der Waals surface area contributed by atoms with Crippen LogP contribution in [0.4, 0.5) is 0 Å². The van der Waals surface area contributed by atoms with E-state index < -0.39 is 0 Å². The van der Waals surface area contributed by atoms with Gasteiger partial charge in [0.15, 0.2) is 0 Å². The van der Waals surface area contributed by atoms with Gasteiger partial charge in [0.25, 0.3) is 11.1 Å². The van der Waals surface area contributed by atoms with Crippen LogP contribution in [-0.2, 0) is 21.7 Å². The zero-order valence-corrected chi connectivity index (χ0v) is 33.3. The summed E-state index contributed by atoms with van der Waals surface area (Å²) < 4.78 is 1.42. The standard InChI is InChI=1S/C50H49NO2/c1-47(2,3)28-18-26-20-30(49(7,8)9)24-35-37(26)33(22-28)39-40-34-23-29(48(4,5)6)19-27-21-31(50(10,11)12)25-36(38(27)34)42(40)44-43(41(35)39)45(52)51(46(44)53)32-16-14-13-15-17-32/h13-25H,1-12H3. The van der Waals surface area contributed by atoms with Crippen molar-refractivity contribution in [1.29, 1.82) is 0 Å². The molecular formula is C50H49NO2. The van der Waals surface area contributed by atoms with E-state index in [4.69, 9.17) is 0 Å². The first-order chi connectivity index (χ1) is 24.7. The first kappa shape index (κ1) is 33.8. The Morgan fingerprint density at radius 3 is 0.925 bits per heavy atom. The average Bonchev–Trinajstić information content (AvgIpc) is 3.66. The summed E-state index contributed by atoms with van der Waals surface area (Å²) in [4.78, 5) is 30.4. The summed E-state index contributed by atoms with van der Waals surface area (Å²) in [5.41, 5.74) is 4.57. The van der Waals surface area contributed by atoms with Crippen LogP contribution in [0.5, 0.6) is 0 Å². The van der Waals surface area contributed by atoms with Crippen LogP contribution in [-0.4, -0.2) is 4.57 Å². The highest BCUT2D eigenvalue weighted by molar-refractivity contribution is 6.50. The van der Waals surface area contributed by atoms with E-state index in [0.29, 0.717) is 16.5 Å². The number of benzene rings is 6. The van der Waals surface area contributed by atoms with Crippen LogP contribution in [0.25, 0.3) is 81.1 Å². The summed E-state index contributed by atoms with van der Waals surface area (Å²) in [6, 6.07) is 28.3. The van der Waals surface area contributed by atoms with Crippen LogP contribution in [0.3, 0.4) is 0 Å². The zero-order chi connectivity index (χ0) is 37.9. The lowest BCUT2D eigenvalue weighted by Crippen LogP contribution is -2.23. The van der Waals surface area contributed by atoms with Crippen LogP contribution in [0.15, 0.2) is 88.5 Å². The molecule has 1 aromatic heterocycles. The fraction of sp³-hybridized carbons (Fsp3) is 0.320. The molecule has 0 aliphatic carbocycles. The molecular weight excluding hydrogens is 647 g/mol. The molecule has 0 bridgehead atoms. The highest BCUT2D eigenvalue weighted by Crippen LogP contribution is 2.53. The van der Waals surface area contributed by atoms with E-state index >= 15 is 9.59 Å². The topological polar surface area (TPSA) is 39.1 Å². The van der Waals surface area contributed by atoms with E-state index in [1.807, 2.05) is 30.3 Å². The van der Waals surface area contributed by atoms with Crippen molar-refractivity contribution in [2.24, 2.45) is 0 Å². The van der Waals surface area contributed by atoms with Crippen LogP contribution in [0.2, 0.25) is 0 Å². The van der Waals surface area contributed by atoms with Crippen molar-refractivity contribution in [3.8, 4) is 5.69 Å². The third-order valence-corrected chi connectivity index (χ3v) is 12.0. The monoisotopic (exact) mass is 695 g/mol. The van der Waals surface area contributed by atoms with E-state index in [2.05, 4.69) is 132 Å². The summed E-state index contributed by atoms with van der Waals surface area (Å²) in [5.74, 6) is 0. The molecule has 0 aliphatic rings. The minimum atomic E-state index is -0.247. The highest BCUT2D eigenvalue weighted by atomic mass is 16.2. The molecule has 0 N–H and O–H groups in total. The van der Waals surface area contributed by atoms with Crippen LogP contribution in [0, 0.1) is 0 Å². The maximum absolute atomic E-state index is 15.2. The SMILES string of the molecule is CC(C)(C)c1cc2cc(C(C)(C)C)cc3c2c(c1)c1c2c(=O)n(-c4ccccc4)c(=O)c2c2c4cc(C(C)(C)C)cc5cc(C(C)(C)C)cc(c54)c2c31. The smallest absolute Gasteiger partial charge is 0.266 e. The van der Waals surface area contributed by atoms with Gasteiger partial charge in [-0.2, -0.15) is 0 Å². The normalized spacial score (nSPS) is 13.8. The second-order valence-electron chi connectivity index (χ2n) is 19.8. The first-order valence-corrected chi connectivity index (χ1v) is 19.1.